The second kappa shape index (κ2) is 11.0. The zero-order chi connectivity index (χ0) is 14.6. The van der Waals surface area contributed by atoms with Gasteiger partial charge in [0.25, 0.3) is 0 Å². The van der Waals surface area contributed by atoms with Crippen LogP contribution in [0.15, 0.2) is 12.4 Å². The van der Waals surface area contributed by atoms with Gasteiger partial charge in [-0.1, -0.05) is 65.2 Å². The smallest absolute Gasteiger partial charge is 0.0977 e. The van der Waals surface area contributed by atoms with E-state index in [0.717, 1.165) is 0 Å². The van der Waals surface area contributed by atoms with E-state index < -0.39 is 0 Å². The van der Waals surface area contributed by atoms with Gasteiger partial charge < -0.3 is 9.80 Å². The lowest BCUT2D eigenvalue weighted by atomic mass is 10.1. The Morgan fingerprint density at radius 2 is 1.05 bits per heavy atom. The summed E-state index contributed by atoms with van der Waals surface area (Å²) in [5, 5.41) is 0. The van der Waals surface area contributed by atoms with Crippen LogP contribution in [-0.4, -0.2) is 29.1 Å². The Balaban J connectivity index is 2.06. The second-order valence-corrected chi connectivity index (χ2v) is 6.23. The molecule has 2 nitrogen and oxygen atoms in total. The van der Waals surface area contributed by atoms with Crippen molar-refractivity contribution in [2.24, 2.45) is 0 Å². The van der Waals surface area contributed by atoms with Gasteiger partial charge in [0.2, 0.25) is 0 Å². The van der Waals surface area contributed by atoms with E-state index in [0.29, 0.717) is 6.17 Å². The number of rotatable bonds is 12. The van der Waals surface area contributed by atoms with Crippen molar-refractivity contribution in [3.63, 3.8) is 0 Å². The molecule has 2 heteroatoms. The molecular formula is C18H36N2. The highest BCUT2D eigenvalue weighted by Crippen LogP contribution is 2.18. The minimum absolute atomic E-state index is 0.576. The second-order valence-electron chi connectivity index (χ2n) is 6.23. The van der Waals surface area contributed by atoms with Crippen LogP contribution < -0.4 is 0 Å². The molecule has 0 bridgehead atoms. The Morgan fingerprint density at radius 1 is 0.650 bits per heavy atom. The van der Waals surface area contributed by atoms with Crippen LogP contribution in [-0.2, 0) is 0 Å². The summed E-state index contributed by atoms with van der Waals surface area (Å²) in [4.78, 5) is 5.02. The number of unbranched alkanes of at least 4 members (excludes halogenated alkanes) is 8. The fourth-order valence-electron chi connectivity index (χ4n) is 2.93. The number of hydrogen-bond acceptors (Lipinski definition) is 2. The van der Waals surface area contributed by atoms with Crippen LogP contribution in [0.2, 0.25) is 0 Å². The molecule has 0 radical (unpaired) electrons. The number of nitrogens with zero attached hydrogens (tertiary/aromatic N) is 2. The van der Waals surface area contributed by atoms with E-state index in [-0.39, 0.29) is 0 Å². The Bertz CT molecular complexity index is 250. The van der Waals surface area contributed by atoms with Crippen molar-refractivity contribution in [1.82, 2.24) is 9.80 Å². The summed E-state index contributed by atoms with van der Waals surface area (Å²) in [5.41, 5.74) is 0. The Hall–Kier alpha value is -0.660. The standard InChI is InChI=1S/C18H36N2/c1-4-6-8-10-11-13-15-20-17-16-19(18(20)3)14-12-9-7-5-2/h16-18H,4-15H2,1-3H3. The van der Waals surface area contributed by atoms with E-state index in [2.05, 4.69) is 43.0 Å². The first-order valence-corrected chi connectivity index (χ1v) is 8.99. The lowest BCUT2D eigenvalue weighted by Crippen LogP contribution is -2.36. The number of hydrogen-bond donors (Lipinski definition) is 0. The molecular weight excluding hydrogens is 244 g/mol. The van der Waals surface area contributed by atoms with Crippen LogP contribution in [0.1, 0.15) is 85.0 Å². The normalized spacial score (nSPS) is 18.2. The molecule has 0 aromatic carbocycles. The van der Waals surface area contributed by atoms with Crippen molar-refractivity contribution in [3.05, 3.63) is 12.4 Å². The molecule has 1 heterocycles. The highest BCUT2D eigenvalue weighted by atomic mass is 15.4. The molecule has 0 N–H and O–H groups in total. The molecule has 1 aliphatic rings. The van der Waals surface area contributed by atoms with Gasteiger partial charge in [-0.25, -0.2) is 0 Å². The van der Waals surface area contributed by atoms with Gasteiger partial charge in [-0.15, -0.1) is 0 Å². The van der Waals surface area contributed by atoms with Gasteiger partial charge >= 0.3 is 0 Å². The van der Waals surface area contributed by atoms with Gasteiger partial charge in [0.1, 0.15) is 0 Å². The topological polar surface area (TPSA) is 6.48 Å². The third-order valence-corrected chi connectivity index (χ3v) is 4.45. The lowest BCUT2D eigenvalue weighted by Gasteiger charge is -2.29. The quantitative estimate of drug-likeness (QED) is 0.444. The fraction of sp³-hybridized carbons (Fsp3) is 0.889. The van der Waals surface area contributed by atoms with Gasteiger partial charge in [0, 0.05) is 25.5 Å². The molecule has 0 saturated heterocycles. The summed E-state index contributed by atoms with van der Waals surface area (Å²) < 4.78 is 0. The summed E-state index contributed by atoms with van der Waals surface area (Å²) >= 11 is 0. The maximum Gasteiger partial charge on any atom is 0.0977 e. The third-order valence-electron chi connectivity index (χ3n) is 4.45. The average Bonchev–Trinajstić information content (AvgIpc) is 2.80. The maximum atomic E-state index is 2.51. The first-order chi connectivity index (χ1) is 9.79. The van der Waals surface area contributed by atoms with Crippen molar-refractivity contribution in [2.75, 3.05) is 13.1 Å². The molecule has 0 aliphatic carbocycles. The Labute approximate surface area is 127 Å². The molecule has 0 aromatic heterocycles. The summed E-state index contributed by atoms with van der Waals surface area (Å²) in [6, 6.07) is 0. The minimum atomic E-state index is 0.576. The van der Waals surface area contributed by atoms with Crippen molar-refractivity contribution in [3.8, 4) is 0 Å². The fourth-order valence-corrected chi connectivity index (χ4v) is 2.93. The van der Waals surface area contributed by atoms with Gasteiger partial charge in [-0.05, 0) is 19.8 Å². The molecule has 0 spiro atoms. The minimum Gasteiger partial charge on any atom is -0.356 e. The van der Waals surface area contributed by atoms with Crippen LogP contribution in [0.4, 0.5) is 0 Å². The van der Waals surface area contributed by atoms with E-state index >= 15 is 0 Å². The molecule has 1 unspecified atom stereocenters. The van der Waals surface area contributed by atoms with Gasteiger partial charge in [-0.2, -0.15) is 0 Å². The van der Waals surface area contributed by atoms with E-state index in [1.54, 1.807) is 0 Å². The zero-order valence-electron chi connectivity index (χ0n) is 14.1. The predicted octanol–water partition coefficient (Wildman–Crippen LogP) is 5.36. The van der Waals surface area contributed by atoms with Gasteiger partial charge in [-0.3, -0.25) is 0 Å². The zero-order valence-corrected chi connectivity index (χ0v) is 14.1. The lowest BCUT2D eigenvalue weighted by molar-refractivity contribution is 0.165. The molecule has 0 saturated carbocycles. The molecule has 1 atom stereocenters. The summed E-state index contributed by atoms with van der Waals surface area (Å²) in [5.74, 6) is 0. The van der Waals surface area contributed by atoms with Crippen molar-refractivity contribution >= 4 is 0 Å². The maximum absolute atomic E-state index is 2.51. The Morgan fingerprint density at radius 3 is 1.55 bits per heavy atom. The SMILES string of the molecule is CCCCCCCCN1C=CN(CCCCCC)C1C. The van der Waals surface area contributed by atoms with Crippen LogP contribution in [0.5, 0.6) is 0 Å². The highest BCUT2D eigenvalue weighted by Gasteiger charge is 2.20. The summed E-state index contributed by atoms with van der Waals surface area (Å²) in [6.07, 6.45) is 18.9. The van der Waals surface area contributed by atoms with Crippen LogP contribution in [0, 0.1) is 0 Å². The third kappa shape index (κ3) is 6.67. The first kappa shape index (κ1) is 17.4. The van der Waals surface area contributed by atoms with E-state index in [1.165, 1.54) is 77.3 Å². The monoisotopic (exact) mass is 280 g/mol. The van der Waals surface area contributed by atoms with Crippen molar-refractivity contribution < 1.29 is 0 Å². The molecule has 1 aliphatic heterocycles. The first-order valence-electron chi connectivity index (χ1n) is 8.99. The molecule has 1 rings (SSSR count). The average molecular weight is 280 g/mol. The highest BCUT2D eigenvalue weighted by molar-refractivity contribution is 4.95. The molecule has 0 amide bonds. The molecule has 0 fully saturated rings. The predicted molar refractivity (Wildman–Crippen MR) is 89.5 cm³/mol. The van der Waals surface area contributed by atoms with Crippen LogP contribution in [0.3, 0.4) is 0 Å². The van der Waals surface area contributed by atoms with Gasteiger partial charge in [0.15, 0.2) is 0 Å². The summed E-state index contributed by atoms with van der Waals surface area (Å²) in [7, 11) is 0. The van der Waals surface area contributed by atoms with Crippen LogP contribution >= 0.6 is 0 Å². The summed E-state index contributed by atoms with van der Waals surface area (Å²) in [6.45, 7) is 9.36. The largest absolute Gasteiger partial charge is 0.356 e. The van der Waals surface area contributed by atoms with E-state index in [4.69, 9.17) is 0 Å². The van der Waals surface area contributed by atoms with Crippen molar-refractivity contribution in [2.45, 2.75) is 91.1 Å². The van der Waals surface area contributed by atoms with E-state index in [1.807, 2.05) is 0 Å². The molecule has 20 heavy (non-hydrogen) atoms. The van der Waals surface area contributed by atoms with E-state index in [9.17, 15) is 0 Å². The molecule has 0 aromatic rings. The van der Waals surface area contributed by atoms with Crippen LogP contribution in [0.25, 0.3) is 0 Å². The van der Waals surface area contributed by atoms with Gasteiger partial charge in [0.05, 0.1) is 6.17 Å². The Kier molecular flexibility index (Phi) is 9.61. The van der Waals surface area contributed by atoms with Crippen molar-refractivity contribution in [1.29, 1.82) is 0 Å². The molecule has 118 valence electrons.